The summed E-state index contributed by atoms with van der Waals surface area (Å²) in [4.78, 5) is 14.6. The summed E-state index contributed by atoms with van der Waals surface area (Å²) in [5.74, 6) is 1.28. The van der Waals surface area contributed by atoms with Crippen LogP contribution in [-0.4, -0.2) is 32.1 Å². The zero-order valence-electron chi connectivity index (χ0n) is 15.1. The number of unbranched alkanes of at least 4 members (excludes halogenated alkanes) is 1. The first-order chi connectivity index (χ1) is 12.1. The summed E-state index contributed by atoms with van der Waals surface area (Å²) < 4.78 is 11.7. The van der Waals surface area contributed by atoms with Crippen LogP contribution in [0.5, 0.6) is 5.75 Å². The molecule has 26 heavy (non-hydrogen) atoms. The van der Waals surface area contributed by atoms with Gasteiger partial charge in [0.1, 0.15) is 17.1 Å². The van der Waals surface area contributed by atoms with Crippen molar-refractivity contribution in [1.29, 1.82) is 0 Å². The van der Waals surface area contributed by atoms with Gasteiger partial charge in [-0.05, 0) is 51.7 Å². The lowest BCUT2D eigenvalue weighted by molar-refractivity contribution is 0.293. The molecule has 0 N–H and O–H groups in total. The van der Waals surface area contributed by atoms with Crippen LogP contribution in [0.2, 0.25) is 0 Å². The standard InChI is InChI=1S/C21H23NO3.ClH/c1-22(2)12-6-7-13-24-17-10-11-20-18(14-17)19(23)15-21(25-20)16-8-4-3-5-9-16;/h3-5,8-11,14-15H,6-7,12-13H2,1-2H3;1H. The van der Waals surface area contributed by atoms with Crippen LogP contribution in [0.15, 0.2) is 63.8 Å². The first-order valence-corrected chi connectivity index (χ1v) is 8.54. The van der Waals surface area contributed by atoms with E-state index in [1.165, 1.54) is 0 Å². The van der Waals surface area contributed by atoms with Gasteiger partial charge in [0.25, 0.3) is 0 Å². The maximum Gasteiger partial charge on any atom is 0.193 e. The molecule has 1 aromatic heterocycles. The number of ether oxygens (including phenoxy) is 1. The second-order valence-corrected chi connectivity index (χ2v) is 6.36. The van der Waals surface area contributed by atoms with Crippen LogP contribution in [-0.2, 0) is 0 Å². The van der Waals surface area contributed by atoms with E-state index in [-0.39, 0.29) is 17.8 Å². The molecule has 1 heterocycles. The minimum atomic E-state index is -0.0573. The van der Waals surface area contributed by atoms with Gasteiger partial charge in [-0.1, -0.05) is 30.3 Å². The van der Waals surface area contributed by atoms with Gasteiger partial charge in [0.15, 0.2) is 5.43 Å². The Labute approximate surface area is 159 Å². The molecule has 138 valence electrons. The van der Waals surface area contributed by atoms with Crippen LogP contribution in [0.1, 0.15) is 12.8 Å². The summed E-state index contributed by atoms with van der Waals surface area (Å²) in [6.45, 7) is 1.69. The molecule has 0 saturated carbocycles. The van der Waals surface area contributed by atoms with E-state index in [1.54, 1.807) is 18.2 Å². The molecule has 0 aliphatic rings. The smallest absolute Gasteiger partial charge is 0.193 e. The Morgan fingerprint density at radius 2 is 1.77 bits per heavy atom. The van der Waals surface area contributed by atoms with Crippen LogP contribution >= 0.6 is 12.4 Å². The third-order valence-electron chi connectivity index (χ3n) is 4.03. The molecule has 0 bridgehead atoms. The second-order valence-electron chi connectivity index (χ2n) is 6.36. The number of hydrogen-bond acceptors (Lipinski definition) is 4. The average Bonchev–Trinajstić information content (AvgIpc) is 2.62. The van der Waals surface area contributed by atoms with E-state index < -0.39 is 0 Å². The number of rotatable bonds is 7. The topological polar surface area (TPSA) is 42.7 Å². The van der Waals surface area contributed by atoms with Gasteiger partial charge in [0.2, 0.25) is 0 Å². The average molecular weight is 374 g/mol. The molecule has 0 fully saturated rings. The Morgan fingerprint density at radius 3 is 2.50 bits per heavy atom. The van der Waals surface area contributed by atoms with Gasteiger partial charge in [0, 0.05) is 11.6 Å². The van der Waals surface area contributed by atoms with Crippen LogP contribution in [0.4, 0.5) is 0 Å². The van der Waals surface area contributed by atoms with Crippen molar-refractivity contribution in [2.24, 2.45) is 0 Å². The van der Waals surface area contributed by atoms with E-state index >= 15 is 0 Å². The van der Waals surface area contributed by atoms with Gasteiger partial charge >= 0.3 is 0 Å². The molecule has 5 heteroatoms. The number of nitrogens with zero attached hydrogens (tertiary/aromatic N) is 1. The molecule has 0 unspecified atom stereocenters. The third kappa shape index (κ3) is 5.10. The highest BCUT2D eigenvalue weighted by atomic mass is 35.5. The fourth-order valence-corrected chi connectivity index (χ4v) is 2.69. The Bertz CT molecular complexity index is 891. The van der Waals surface area contributed by atoms with Crippen LogP contribution < -0.4 is 10.2 Å². The van der Waals surface area contributed by atoms with E-state index in [0.29, 0.717) is 29.1 Å². The van der Waals surface area contributed by atoms with E-state index in [9.17, 15) is 4.79 Å². The van der Waals surface area contributed by atoms with E-state index in [0.717, 1.165) is 24.9 Å². The quantitative estimate of drug-likeness (QED) is 0.567. The minimum Gasteiger partial charge on any atom is -0.494 e. The molecule has 0 amide bonds. The van der Waals surface area contributed by atoms with Crippen molar-refractivity contribution in [1.82, 2.24) is 4.90 Å². The van der Waals surface area contributed by atoms with Crippen molar-refractivity contribution < 1.29 is 9.15 Å². The lowest BCUT2D eigenvalue weighted by Gasteiger charge is -2.10. The molecule has 3 aromatic rings. The van der Waals surface area contributed by atoms with Gasteiger partial charge in [-0.15, -0.1) is 12.4 Å². The summed E-state index contributed by atoms with van der Waals surface area (Å²) in [7, 11) is 4.13. The number of benzene rings is 2. The molecule has 0 atom stereocenters. The van der Waals surface area contributed by atoms with Gasteiger partial charge in [-0.3, -0.25) is 4.79 Å². The first-order valence-electron chi connectivity index (χ1n) is 8.54. The summed E-state index contributed by atoms with van der Waals surface area (Å²) in [5, 5.41) is 0.547. The Balaban J connectivity index is 0.00000243. The van der Waals surface area contributed by atoms with E-state index in [1.807, 2.05) is 36.4 Å². The normalized spacial score (nSPS) is 10.7. The number of fused-ring (bicyclic) bond motifs is 1. The zero-order valence-corrected chi connectivity index (χ0v) is 15.9. The zero-order chi connectivity index (χ0) is 17.6. The van der Waals surface area contributed by atoms with Gasteiger partial charge in [0.05, 0.1) is 12.0 Å². The maximum absolute atomic E-state index is 12.5. The number of hydrogen-bond donors (Lipinski definition) is 0. The molecule has 0 radical (unpaired) electrons. The SMILES string of the molecule is CN(C)CCCCOc1ccc2oc(-c3ccccc3)cc(=O)c2c1.Cl. The summed E-state index contributed by atoms with van der Waals surface area (Å²) in [6.07, 6.45) is 2.07. The molecular weight excluding hydrogens is 350 g/mol. The molecule has 3 rings (SSSR count). The number of halogens is 1. The summed E-state index contributed by atoms with van der Waals surface area (Å²) in [6, 6.07) is 16.6. The molecule has 0 spiro atoms. The highest BCUT2D eigenvalue weighted by Crippen LogP contribution is 2.24. The van der Waals surface area contributed by atoms with E-state index in [4.69, 9.17) is 9.15 Å². The molecule has 2 aromatic carbocycles. The van der Waals surface area contributed by atoms with Crippen LogP contribution in [0.3, 0.4) is 0 Å². The van der Waals surface area contributed by atoms with Crippen LogP contribution in [0.25, 0.3) is 22.3 Å². The first kappa shape index (κ1) is 20.0. The lowest BCUT2D eigenvalue weighted by atomic mass is 10.1. The van der Waals surface area contributed by atoms with Gasteiger partial charge in [-0.2, -0.15) is 0 Å². The van der Waals surface area contributed by atoms with Crippen molar-refractivity contribution in [2.45, 2.75) is 12.8 Å². The minimum absolute atomic E-state index is 0. The predicted octanol–water partition coefficient (Wildman–Crippen LogP) is 4.60. The van der Waals surface area contributed by atoms with Crippen LogP contribution in [0, 0.1) is 0 Å². The van der Waals surface area contributed by atoms with Gasteiger partial charge < -0.3 is 14.1 Å². The fraction of sp³-hybridized carbons (Fsp3) is 0.286. The van der Waals surface area contributed by atoms with Crippen molar-refractivity contribution in [3.8, 4) is 17.1 Å². The largest absolute Gasteiger partial charge is 0.494 e. The highest BCUT2D eigenvalue weighted by Gasteiger charge is 2.08. The molecule has 0 aliphatic heterocycles. The molecule has 4 nitrogen and oxygen atoms in total. The van der Waals surface area contributed by atoms with Crippen molar-refractivity contribution in [2.75, 3.05) is 27.2 Å². The van der Waals surface area contributed by atoms with Crippen molar-refractivity contribution in [3.05, 3.63) is 64.8 Å². The van der Waals surface area contributed by atoms with Gasteiger partial charge in [-0.25, -0.2) is 0 Å². The summed E-state index contributed by atoms with van der Waals surface area (Å²) in [5.41, 5.74) is 1.41. The predicted molar refractivity (Wildman–Crippen MR) is 108 cm³/mol. The third-order valence-corrected chi connectivity index (χ3v) is 4.03. The van der Waals surface area contributed by atoms with Crippen molar-refractivity contribution in [3.63, 3.8) is 0 Å². The second kappa shape index (κ2) is 9.41. The Morgan fingerprint density at radius 1 is 1.00 bits per heavy atom. The highest BCUT2D eigenvalue weighted by molar-refractivity contribution is 5.85. The Hall–Kier alpha value is -2.30. The van der Waals surface area contributed by atoms with E-state index in [2.05, 4.69) is 19.0 Å². The maximum atomic E-state index is 12.5. The lowest BCUT2D eigenvalue weighted by Crippen LogP contribution is -2.13. The molecular formula is C21H24ClNO3. The fourth-order valence-electron chi connectivity index (χ4n) is 2.69. The molecule has 0 aliphatic carbocycles. The molecule has 0 saturated heterocycles. The monoisotopic (exact) mass is 373 g/mol. The Kier molecular flexibility index (Phi) is 7.25. The summed E-state index contributed by atoms with van der Waals surface area (Å²) >= 11 is 0. The van der Waals surface area contributed by atoms with Crippen molar-refractivity contribution >= 4 is 23.4 Å².